The summed E-state index contributed by atoms with van der Waals surface area (Å²) in [4.78, 5) is 23.1. The van der Waals surface area contributed by atoms with Crippen LogP contribution in [0.4, 0.5) is 0 Å². The third kappa shape index (κ3) is 8.90. The molecule has 0 saturated carbocycles. The first-order valence-corrected chi connectivity index (χ1v) is 19.5. The van der Waals surface area contributed by atoms with E-state index in [1.807, 2.05) is 51.4 Å². The Morgan fingerprint density at radius 2 is 1.57 bits per heavy atom. The molecule has 0 amide bonds. The monoisotopic (exact) mass is 880 g/mol. The predicted molar refractivity (Wildman–Crippen MR) is 213 cm³/mol. The van der Waals surface area contributed by atoms with Crippen LogP contribution in [-0.4, -0.2) is 20.9 Å². The Bertz CT molecular complexity index is 1990. The fraction of sp³-hybridized carbons (Fsp3) is 0.444. The number of aliphatic hydroxyl groups is 1. The van der Waals surface area contributed by atoms with Crippen LogP contribution in [0.25, 0.3) is 43.4 Å². The van der Waals surface area contributed by atoms with E-state index in [0.29, 0.717) is 5.92 Å². The van der Waals surface area contributed by atoms with Crippen LogP contribution in [0.2, 0.25) is 0 Å². The van der Waals surface area contributed by atoms with Gasteiger partial charge in [-0.1, -0.05) is 91.5 Å². The van der Waals surface area contributed by atoms with Crippen molar-refractivity contribution in [2.24, 2.45) is 17.8 Å². The van der Waals surface area contributed by atoms with E-state index in [0.717, 1.165) is 61.6 Å². The third-order valence-electron chi connectivity index (χ3n) is 10.2. The van der Waals surface area contributed by atoms with Gasteiger partial charge >= 0.3 is 0 Å². The second-order valence-corrected chi connectivity index (χ2v) is 16.4. The summed E-state index contributed by atoms with van der Waals surface area (Å²) >= 11 is 1.91. The largest absolute Gasteiger partial charge is 0.512 e. The molecule has 0 atom stereocenters. The van der Waals surface area contributed by atoms with Crippen molar-refractivity contribution in [2.75, 3.05) is 0 Å². The van der Waals surface area contributed by atoms with Crippen molar-refractivity contribution in [1.29, 1.82) is 0 Å². The fourth-order valence-corrected chi connectivity index (χ4v) is 8.58. The van der Waals surface area contributed by atoms with E-state index in [1.165, 1.54) is 54.4 Å². The van der Waals surface area contributed by atoms with Gasteiger partial charge in [0.1, 0.15) is 0 Å². The first-order valence-electron chi connectivity index (χ1n) is 18.7. The van der Waals surface area contributed by atoms with Gasteiger partial charge in [0.05, 0.1) is 11.5 Å². The Morgan fingerprint density at radius 1 is 0.922 bits per heavy atom. The van der Waals surface area contributed by atoms with Crippen LogP contribution in [0.3, 0.4) is 0 Å². The van der Waals surface area contributed by atoms with Gasteiger partial charge in [-0.3, -0.25) is 14.8 Å². The normalized spacial score (nSPS) is 12.9. The number of ketones is 1. The van der Waals surface area contributed by atoms with Crippen molar-refractivity contribution in [2.45, 2.75) is 113 Å². The van der Waals surface area contributed by atoms with Crippen molar-refractivity contribution in [1.82, 2.24) is 9.97 Å². The molecule has 1 aliphatic rings. The average molecular weight is 880 g/mol. The first kappa shape index (κ1) is 40.6. The van der Waals surface area contributed by atoms with Gasteiger partial charge in [-0.15, -0.1) is 40.5 Å². The summed E-state index contributed by atoms with van der Waals surface area (Å²) in [6, 6.07) is 19.1. The number of thiophene rings is 1. The molecule has 1 radical (unpaired) electrons. The number of nitrogens with zero attached hydrogens (tertiary/aromatic N) is 2. The number of pyridine rings is 2. The topological polar surface area (TPSA) is 63.1 Å². The molecule has 2 aromatic carbocycles. The second kappa shape index (κ2) is 17.6. The van der Waals surface area contributed by atoms with E-state index in [1.54, 1.807) is 0 Å². The van der Waals surface area contributed by atoms with E-state index in [4.69, 9.17) is 9.97 Å². The van der Waals surface area contributed by atoms with Crippen molar-refractivity contribution in [3.63, 3.8) is 0 Å². The van der Waals surface area contributed by atoms with Crippen LogP contribution in [0.15, 0.2) is 66.7 Å². The van der Waals surface area contributed by atoms with E-state index in [9.17, 15) is 9.90 Å². The minimum Gasteiger partial charge on any atom is -0.512 e. The average Bonchev–Trinajstić information content (AvgIpc) is 3.48. The maximum absolute atomic E-state index is 11.7. The van der Waals surface area contributed by atoms with Crippen LogP contribution < -0.4 is 0 Å². The third-order valence-corrected chi connectivity index (χ3v) is 11.4. The zero-order chi connectivity index (χ0) is 36.2. The number of aromatic nitrogens is 2. The van der Waals surface area contributed by atoms with Gasteiger partial charge in [0.25, 0.3) is 0 Å². The molecule has 3 heterocycles. The van der Waals surface area contributed by atoms with E-state index in [-0.39, 0.29) is 48.9 Å². The Kier molecular flexibility index (Phi) is 14.0. The van der Waals surface area contributed by atoms with Gasteiger partial charge in [0, 0.05) is 71.2 Å². The molecule has 4 nitrogen and oxygen atoms in total. The zero-order valence-electron chi connectivity index (χ0n) is 31.9. The van der Waals surface area contributed by atoms with Crippen LogP contribution in [0.1, 0.15) is 110 Å². The molecule has 3 aromatic heterocycles. The molecule has 0 unspecified atom stereocenters. The molecule has 1 N–H and O–H groups in total. The van der Waals surface area contributed by atoms with Crippen LogP contribution in [0, 0.1) is 23.8 Å². The summed E-state index contributed by atoms with van der Waals surface area (Å²) in [5.74, 6) is 1.17. The minimum absolute atomic E-state index is 0. The maximum Gasteiger partial charge on any atom is 0.162 e. The predicted octanol–water partition coefficient (Wildman–Crippen LogP) is 12.4. The Balaban J connectivity index is 0.000000312. The number of allylic oxidation sites excluding steroid dienone is 2. The quantitative estimate of drug-likeness (QED) is 0.0862. The summed E-state index contributed by atoms with van der Waals surface area (Å²) in [6.45, 7) is 19.5. The Morgan fingerprint density at radius 3 is 2.22 bits per heavy atom. The summed E-state index contributed by atoms with van der Waals surface area (Å²) in [5.41, 5.74) is 8.81. The van der Waals surface area contributed by atoms with Crippen molar-refractivity contribution < 1.29 is 30.0 Å². The molecule has 0 fully saturated rings. The van der Waals surface area contributed by atoms with E-state index < -0.39 is 0 Å². The number of fused-ring (bicyclic) bond motifs is 6. The van der Waals surface area contributed by atoms with E-state index >= 15 is 0 Å². The Hall–Kier alpha value is -3.18. The van der Waals surface area contributed by atoms with Gasteiger partial charge in [-0.25, -0.2) is 0 Å². The van der Waals surface area contributed by atoms with Gasteiger partial charge in [-0.2, -0.15) is 0 Å². The van der Waals surface area contributed by atoms with Crippen molar-refractivity contribution in [3.05, 3.63) is 94.3 Å². The number of benzene rings is 2. The zero-order valence-corrected chi connectivity index (χ0v) is 35.2. The fourth-order valence-electron chi connectivity index (χ4n) is 7.38. The standard InChI is InChI=1S/C32H31N2S.C13H24O2.Ir/c1-19(2)16-21-12-14-34-31-24(21)10-11-26-29(31)28-27(35-26)13-15-33-30(28)22-17-20-8-6-7-9-23(20)25(18-22)32(3,4)5;1-5-10(6-2)12(14)9-13(15)11(7-3)8-4;/h6-9,12-15,18-19H,10-11,16H2,1-5H3;9-11,14H,5-8H2,1-4H3;/q-1;;/b;12-9-;. The molecule has 6 rings (SSSR count). The summed E-state index contributed by atoms with van der Waals surface area (Å²) in [6.07, 6.45) is 12.1. The molecule has 0 aliphatic heterocycles. The molecule has 273 valence electrons. The molecular formula is C45H55IrN2O2S-. The van der Waals surface area contributed by atoms with Gasteiger partial charge in [0.15, 0.2) is 5.78 Å². The van der Waals surface area contributed by atoms with E-state index in [2.05, 4.69) is 83.1 Å². The summed E-state index contributed by atoms with van der Waals surface area (Å²) in [7, 11) is 0. The molecule has 6 heteroatoms. The molecule has 0 saturated heterocycles. The number of carbonyl (C=O) groups is 1. The van der Waals surface area contributed by atoms with Gasteiger partial charge in [0.2, 0.25) is 0 Å². The molecule has 1 aliphatic carbocycles. The summed E-state index contributed by atoms with van der Waals surface area (Å²) < 4.78 is 1.29. The van der Waals surface area contributed by atoms with Crippen molar-refractivity contribution in [3.8, 4) is 22.5 Å². The first-order chi connectivity index (χ1) is 23.9. The SMILES string of the molecule is CC(C)Cc1ccnc2c1CCc1sc3ccnc(-c4[c-]c5ccccc5c(C(C)(C)C)c4)c3c1-2.CCC(CC)C(=O)/C=C(\O)C(CC)CC.[Ir]. The molecule has 0 bridgehead atoms. The number of aliphatic hydroxyl groups excluding tert-OH is 1. The minimum atomic E-state index is 0. The van der Waals surface area contributed by atoms with Crippen molar-refractivity contribution >= 4 is 38.0 Å². The van der Waals surface area contributed by atoms with Crippen LogP contribution in [0.5, 0.6) is 0 Å². The van der Waals surface area contributed by atoms with Crippen LogP contribution >= 0.6 is 11.3 Å². The number of hydrogen-bond donors (Lipinski definition) is 1. The molecular weight excluding hydrogens is 825 g/mol. The van der Waals surface area contributed by atoms with Gasteiger partial charge < -0.3 is 5.11 Å². The Labute approximate surface area is 323 Å². The van der Waals surface area contributed by atoms with Gasteiger partial charge in [-0.05, 0) is 84.9 Å². The number of aryl methyl sites for hydroxylation is 1. The molecule has 5 aromatic rings. The molecule has 0 spiro atoms. The van der Waals surface area contributed by atoms with Crippen LogP contribution in [-0.2, 0) is 49.6 Å². The molecule has 51 heavy (non-hydrogen) atoms. The number of rotatable bonds is 10. The smallest absolute Gasteiger partial charge is 0.162 e. The second-order valence-electron chi connectivity index (χ2n) is 15.2. The number of hydrogen-bond acceptors (Lipinski definition) is 5. The maximum atomic E-state index is 11.7. The number of carbonyl (C=O) groups excluding carboxylic acids is 1. The summed E-state index contributed by atoms with van der Waals surface area (Å²) in [5, 5.41) is 13.4.